The van der Waals surface area contributed by atoms with Gasteiger partial charge < -0.3 is 9.64 Å². The number of amides is 1. The minimum absolute atomic E-state index is 0.0531. The molecule has 0 bridgehead atoms. The molecule has 1 unspecified atom stereocenters. The molecule has 0 aliphatic carbocycles. The van der Waals surface area contributed by atoms with Crippen molar-refractivity contribution in [3.63, 3.8) is 0 Å². The molecule has 1 saturated heterocycles. The minimum Gasteiger partial charge on any atom is -0.497 e. The topological polar surface area (TPSA) is 36.0 Å². The van der Waals surface area contributed by atoms with Gasteiger partial charge in [-0.25, -0.2) is 4.39 Å². The molecular weight excluding hydrogens is 477 g/mol. The summed E-state index contributed by atoms with van der Waals surface area (Å²) in [5.41, 5.74) is 3.54. The molecule has 3 atom stereocenters. The van der Waals surface area contributed by atoms with Gasteiger partial charge in [-0.3, -0.25) is 14.6 Å². The predicted molar refractivity (Wildman–Crippen MR) is 151 cm³/mol. The molecular formula is C32H40FN3O2. The van der Waals surface area contributed by atoms with Gasteiger partial charge in [-0.2, -0.15) is 0 Å². The third-order valence-corrected chi connectivity index (χ3v) is 7.77. The lowest BCUT2D eigenvalue weighted by molar-refractivity contribution is 0.0187. The molecule has 1 amide bonds. The fourth-order valence-corrected chi connectivity index (χ4v) is 5.62. The Morgan fingerprint density at radius 1 is 0.974 bits per heavy atom. The summed E-state index contributed by atoms with van der Waals surface area (Å²) < 4.78 is 20.0. The molecule has 6 heteroatoms. The Labute approximate surface area is 226 Å². The Morgan fingerprint density at radius 2 is 1.68 bits per heavy atom. The zero-order valence-electron chi connectivity index (χ0n) is 23.2. The van der Waals surface area contributed by atoms with E-state index in [1.54, 1.807) is 13.2 Å². The van der Waals surface area contributed by atoms with Crippen LogP contribution >= 0.6 is 0 Å². The summed E-state index contributed by atoms with van der Waals surface area (Å²) in [4.78, 5) is 20.4. The van der Waals surface area contributed by atoms with E-state index in [0.29, 0.717) is 19.6 Å². The number of rotatable bonds is 9. The number of nitrogens with zero attached hydrogens (tertiary/aromatic N) is 3. The van der Waals surface area contributed by atoms with Gasteiger partial charge in [-0.1, -0.05) is 48.5 Å². The van der Waals surface area contributed by atoms with Gasteiger partial charge in [0, 0.05) is 55.9 Å². The van der Waals surface area contributed by atoms with Crippen molar-refractivity contribution in [2.24, 2.45) is 0 Å². The summed E-state index contributed by atoms with van der Waals surface area (Å²) in [6.07, 6.45) is 0. The summed E-state index contributed by atoms with van der Waals surface area (Å²) in [5.74, 6) is 0.684. The molecule has 38 heavy (non-hydrogen) atoms. The number of ether oxygens (including phenoxy) is 1. The van der Waals surface area contributed by atoms with Crippen LogP contribution in [0.1, 0.15) is 60.8 Å². The molecule has 1 aliphatic rings. The molecule has 202 valence electrons. The standard InChI is InChI=1S/C32H40FN3O2/c1-6-34(7-2)32(37)29-17-10-9-16-28(29)31(25-14-12-15-27(19-25)38-5)36-21-23(3)35(20-24(36)4)22-26-13-8-11-18-30(26)33/h8-19,23-24,31H,6-7,20-22H2,1-5H3/t23?,24-,31+/m0/s1. The van der Waals surface area contributed by atoms with Gasteiger partial charge in [0.25, 0.3) is 5.91 Å². The summed E-state index contributed by atoms with van der Waals surface area (Å²) in [6, 6.07) is 23.4. The summed E-state index contributed by atoms with van der Waals surface area (Å²) in [7, 11) is 1.68. The van der Waals surface area contributed by atoms with Crippen LogP contribution in [0.25, 0.3) is 0 Å². The maximum absolute atomic E-state index is 14.4. The van der Waals surface area contributed by atoms with Crippen LogP contribution in [0.5, 0.6) is 5.75 Å². The zero-order chi connectivity index (χ0) is 27.2. The van der Waals surface area contributed by atoms with Crippen molar-refractivity contribution < 1.29 is 13.9 Å². The molecule has 1 aliphatic heterocycles. The molecule has 0 aromatic heterocycles. The monoisotopic (exact) mass is 517 g/mol. The van der Waals surface area contributed by atoms with Crippen LogP contribution in [-0.4, -0.2) is 66.0 Å². The van der Waals surface area contributed by atoms with Crippen LogP contribution in [0.2, 0.25) is 0 Å². The van der Waals surface area contributed by atoms with E-state index in [4.69, 9.17) is 4.74 Å². The maximum Gasteiger partial charge on any atom is 0.254 e. The smallest absolute Gasteiger partial charge is 0.254 e. The third kappa shape index (κ3) is 5.92. The SMILES string of the molecule is CCN(CC)C(=O)c1ccccc1[C@@H](c1cccc(OC)c1)N1CC(C)N(Cc2ccccc2F)C[C@@H]1C. The Kier molecular flexibility index (Phi) is 9.18. The maximum atomic E-state index is 14.4. The van der Waals surface area contributed by atoms with Gasteiger partial charge in [0.1, 0.15) is 11.6 Å². The van der Waals surface area contributed by atoms with Gasteiger partial charge in [-0.05, 0) is 63.1 Å². The van der Waals surface area contributed by atoms with Crippen molar-refractivity contribution in [1.82, 2.24) is 14.7 Å². The normalized spacial score (nSPS) is 19.2. The molecule has 0 N–H and O–H groups in total. The Hall–Kier alpha value is -3.22. The molecule has 3 aromatic carbocycles. The van der Waals surface area contributed by atoms with Crippen molar-refractivity contribution in [2.75, 3.05) is 33.3 Å². The van der Waals surface area contributed by atoms with E-state index in [1.807, 2.05) is 61.2 Å². The number of piperazine rings is 1. The largest absolute Gasteiger partial charge is 0.497 e. The van der Waals surface area contributed by atoms with Crippen molar-refractivity contribution in [2.45, 2.75) is 52.4 Å². The molecule has 0 spiro atoms. The minimum atomic E-state index is -0.159. The van der Waals surface area contributed by atoms with E-state index in [1.165, 1.54) is 6.07 Å². The first kappa shape index (κ1) is 27.8. The molecule has 1 heterocycles. The molecule has 1 fully saturated rings. The summed E-state index contributed by atoms with van der Waals surface area (Å²) in [5, 5.41) is 0. The van der Waals surface area contributed by atoms with Crippen LogP contribution in [-0.2, 0) is 6.54 Å². The van der Waals surface area contributed by atoms with E-state index in [9.17, 15) is 9.18 Å². The second-order valence-electron chi connectivity index (χ2n) is 10.2. The fraction of sp³-hybridized carbons (Fsp3) is 0.406. The highest BCUT2D eigenvalue weighted by molar-refractivity contribution is 5.96. The van der Waals surface area contributed by atoms with E-state index in [-0.39, 0.29) is 29.8 Å². The molecule has 0 radical (unpaired) electrons. The highest BCUT2D eigenvalue weighted by atomic mass is 19.1. The first-order valence-electron chi connectivity index (χ1n) is 13.6. The average Bonchev–Trinajstić information content (AvgIpc) is 2.93. The lowest BCUT2D eigenvalue weighted by atomic mass is 9.89. The Balaban J connectivity index is 1.73. The van der Waals surface area contributed by atoms with Crippen LogP contribution in [0.4, 0.5) is 4.39 Å². The van der Waals surface area contributed by atoms with E-state index >= 15 is 0 Å². The number of methoxy groups -OCH3 is 1. The molecule has 5 nitrogen and oxygen atoms in total. The number of halogens is 1. The van der Waals surface area contributed by atoms with Gasteiger partial charge in [0.05, 0.1) is 13.2 Å². The van der Waals surface area contributed by atoms with Crippen LogP contribution in [0.15, 0.2) is 72.8 Å². The van der Waals surface area contributed by atoms with E-state index < -0.39 is 0 Å². The summed E-state index contributed by atoms with van der Waals surface area (Å²) >= 11 is 0. The zero-order valence-corrected chi connectivity index (χ0v) is 23.2. The van der Waals surface area contributed by atoms with Crippen molar-refractivity contribution in [1.29, 1.82) is 0 Å². The van der Waals surface area contributed by atoms with Gasteiger partial charge >= 0.3 is 0 Å². The first-order chi connectivity index (χ1) is 18.4. The first-order valence-corrected chi connectivity index (χ1v) is 13.6. The van der Waals surface area contributed by atoms with Crippen LogP contribution in [0.3, 0.4) is 0 Å². The van der Waals surface area contributed by atoms with Crippen LogP contribution < -0.4 is 4.74 Å². The fourth-order valence-electron chi connectivity index (χ4n) is 5.62. The lowest BCUT2D eigenvalue weighted by Gasteiger charge is -2.48. The predicted octanol–water partition coefficient (Wildman–Crippen LogP) is 6.00. The number of hydrogen-bond acceptors (Lipinski definition) is 4. The lowest BCUT2D eigenvalue weighted by Crippen LogP contribution is -2.57. The van der Waals surface area contributed by atoms with Crippen molar-refractivity contribution in [3.05, 3.63) is 101 Å². The number of benzene rings is 3. The van der Waals surface area contributed by atoms with E-state index in [2.05, 4.69) is 41.8 Å². The molecule has 0 saturated carbocycles. The van der Waals surface area contributed by atoms with Gasteiger partial charge in [0.2, 0.25) is 0 Å². The molecule has 3 aromatic rings. The molecule has 4 rings (SSSR count). The highest BCUT2D eigenvalue weighted by Crippen LogP contribution is 2.37. The highest BCUT2D eigenvalue weighted by Gasteiger charge is 2.36. The van der Waals surface area contributed by atoms with Crippen LogP contribution in [0, 0.1) is 5.82 Å². The second kappa shape index (κ2) is 12.5. The summed E-state index contributed by atoms with van der Waals surface area (Å²) in [6.45, 7) is 11.9. The second-order valence-corrected chi connectivity index (χ2v) is 10.2. The Bertz CT molecular complexity index is 1230. The number of carbonyl (C=O) groups is 1. The van der Waals surface area contributed by atoms with Gasteiger partial charge in [-0.15, -0.1) is 0 Å². The average molecular weight is 518 g/mol. The van der Waals surface area contributed by atoms with E-state index in [0.717, 1.165) is 41.1 Å². The quantitative estimate of drug-likeness (QED) is 0.349. The number of carbonyl (C=O) groups excluding carboxylic acids is 1. The van der Waals surface area contributed by atoms with Crippen molar-refractivity contribution in [3.8, 4) is 5.75 Å². The Morgan fingerprint density at radius 3 is 2.39 bits per heavy atom. The number of hydrogen-bond donors (Lipinski definition) is 0. The van der Waals surface area contributed by atoms with Gasteiger partial charge in [0.15, 0.2) is 0 Å². The van der Waals surface area contributed by atoms with Crippen molar-refractivity contribution >= 4 is 5.91 Å². The third-order valence-electron chi connectivity index (χ3n) is 7.77.